The highest BCUT2D eigenvalue weighted by molar-refractivity contribution is 9.10. The Morgan fingerprint density at radius 2 is 2.00 bits per heavy atom. The van der Waals surface area contributed by atoms with E-state index in [1.807, 2.05) is 6.07 Å². The number of rotatable bonds is 2. The van der Waals surface area contributed by atoms with Gasteiger partial charge in [0.1, 0.15) is 0 Å². The predicted octanol–water partition coefficient (Wildman–Crippen LogP) is 4.20. The van der Waals surface area contributed by atoms with Crippen molar-refractivity contribution in [2.75, 3.05) is 0 Å². The van der Waals surface area contributed by atoms with Gasteiger partial charge in [-0.15, -0.1) is 5.92 Å². The molecule has 0 heterocycles. The lowest BCUT2D eigenvalue weighted by molar-refractivity contribution is 0.569. The molecule has 0 aliphatic carbocycles. The van der Waals surface area contributed by atoms with E-state index in [-0.39, 0.29) is 11.5 Å². The molecule has 2 N–H and O–H groups in total. The van der Waals surface area contributed by atoms with Crippen molar-refractivity contribution >= 4 is 15.9 Å². The summed E-state index contributed by atoms with van der Waals surface area (Å²) in [5.74, 6) is 6.39. The van der Waals surface area contributed by atoms with E-state index in [1.54, 1.807) is 0 Å². The predicted molar refractivity (Wildman–Crippen MR) is 77.7 cm³/mol. The van der Waals surface area contributed by atoms with Crippen molar-refractivity contribution < 1.29 is 0 Å². The van der Waals surface area contributed by atoms with E-state index >= 15 is 0 Å². The van der Waals surface area contributed by atoms with Crippen LogP contribution in [0.2, 0.25) is 0 Å². The van der Waals surface area contributed by atoms with Crippen molar-refractivity contribution in [1.29, 1.82) is 0 Å². The fraction of sp³-hybridized carbons (Fsp3) is 0.467. The molecule has 0 aliphatic rings. The van der Waals surface area contributed by atoms with Gasteiger partial charge in [0.05, 0.1) is 0 Å². The number of nitrogens with two attached hydrogens (primary N) is 1. The van der Waals surface area contributed by atoms with Gasteiger partial charge in [0.15, 0.2) is 0 Å². The van der Waals surface area contributed by atoms with Crippen LogP contribution in [0.15, 0.2) is 22.7 Å². The molecule has 0 fully saturated rings. The zero-order valence-electron chi connectivity index (χ0n) is 11.0. The third kappa shape index (κ3) is 4.93. The number of hydrogen-bond acceptors (Lipinski definition) is 1. The quantitative estimate of drug-likeness (QED) is 0.813. The van der Waals surface area contributed by atoms with Gasteiger partial charge in [-0.25, -0.2) is 0 Å². The monoisotopic (exact) mass is 293 g/mol. The molecule has 92 valence electrons. The highest BCUT2D eigenvalue weighted by Gasteiger charge is 2.09. The normalized spacial score (nSPS) is 12.8. The van der Waals surface area contributed by atoms with Gasteiger partial charge in [0, 0.05) is 22.4 Å². The summed E-state index contributed by atoms with van der Waals surface area (Å²) in [4.78, 5) is 0. The molecule has 2 heteroatoms. The van der Waals surface area contributed by atoms with Crippen molar-refractivity contribution in [2.45, 2.75) is 40.2 Å². The molecule has 0 aliphatic heterocycles. The Hall–Kier alpha value is -0.780. The van der Waals surface area contributed by atoms with E-state index in [0.29, 0.717) is 6.42 Å². The molecule has 17 heavy (non-hydrogen) atoms. The third-order valence-electron chi connectivity index (χ3n) is 2.34. The highest BCUT2D eigenvalue weighted by atomic mass is 79.9. The summed E-state index contributed by atoms with van der Waals surface area (Å²) >= 11 is 3.53. The van der Waals surface area contributed by atoms with Gasteiger partial charge in [-0.05, 0) is 39.3 Å². The molecule has 0 spiro atoms. The first-order valence-corrected chi connectivity index (χ1v) is 6.60. The first-order valence-electron chi connectivity index (χ1n) is 5.81. The Morgan fingerprint density at radius 1 is 1.35 bits per heavy atom. The lowest BCUT2D eigenvalue weighted by atomic mass is 9.96. The molecule has 0 saturated carbocycles. The summed E-state index contributed by atoms with van der Waals surface area (Å²) in [6.45, 7) is 8.39. The Labute approximate surface area is 113 Å². The summed E-state index contributed by atoms with van der Waals surface area (Å²) in [6, 6.07) is 6.20. The van der Waals surface area contributed by atoms with E-state index in [2.05, 4.69) is 67.6 Å². The Bertz CT molecular complexity index is 446. The summed E-state index contributed by atoms with van der Waals surface area (Å²) < 4.78 is 1.06. The van der Waals surface area contributed by atoms with Crippen LogP contribution in [0.3, 0.4) is 0 Å². The molecule has 1 aromatic rings. The van der Waals surface area contributed by atoms with E-state index in [4.69, 9.17) is 5.73 Å². The molecule has 1 nitrogen and oxygen atoms in total. The molecule has 0 bridgehead atoms. The van der Waals surface area contributed by atoms with Crippen LogP contribution in [-0.4, -0.2) is 0 Å². The van der Waals surface area contributed by atoms with Crippen LogP contribution in [0.25, 0.3) is 0 Å². The van der Waals surface area contributed by atoms with Crippen molar-refractivity contribution in [3.63, 3.8) is 0 Å². The van der Waals surface area contributed by atoms with E-state index in [0.717, 1.165) is 10.0 Å². The van der Waals surface area contributed by atoms with Crippen LogP contribution in [0.5, 0.6) is 0 Å². The maximum absolute atomic E-state index is 6.16. The summed E-state index contributed by atoms with van der Waals surface area (Å²) in [5.41, 5.74) is 8.56. The van der Waals surface area contributed by atoms with E-state index in [1.165, 1.54) is 5.56 Å². The Balaban J connectivity index is 2.79. The number of aryl methyl sites for hydroxylation is 1. The van der Waals surface area contributed by atoms with Crippen molar-refractivity contribution in [3.8, 4) is 11.8 Å². The van der Waals surface area contributed by atoms with Crippen LogP contribution in [0, 0.1) is 24.2 Å². The topological polar surface area (TPSA) is 26.0 Å². The molecular weight excluding hydrogens is 274 g/mol. The zero-order valence-corrected chi connectivity index (χ0v) is 12.6. The van der Waals surface area contributed by atoms with Crippen LogP contribution in [0.1, 0.15) is 44.4 Å². The van der Waals surface area contributed by atoms with Crippen molar-refractivity contribution in [3.05, 3.63) is 33.8 Å². The average Bonchev–Trinajstić information content (AvgIpc) is 2.19. The van der Waals surface area contributed by atoms with Gasteiger partial charge < -0.3 is 5.73 Å². The van der Waals surface area contributed by atoms with Gasteiger partial charge in [-0.1, -0.05) is 39.5 Å². The van der Waals surface area contributed by atoms with Crippen LogP contribution in [0.4, 0.5) is 0 Å². The molecule has 0 saturated heterocycles. The third-order valence-corrected chi connectivity index (χ3v) is 3.06. The lowest BCUT2D eigenvalue weighted by Crippen LogP contribution is -2.10. The fourth-order valence-electron chi connectivity index (χ4n) is 1.48. The smallest absolute Gasteiger partial charge is 0.0417 e. The molecule has 1 atom stereocenters. The minimum absolute atomic E-state index is 0.0286. The highest BCUT2D eigenvalue weighted by Crippen LogP contribution is 2.25. The standard InChI is InChI=1S/C15H20BrN/c1-11-7-8-13(16)12(10-11)14(17)6-5-9-15(2,3)4/h7-8,10,14H,6,17H2,1-4H3. The second-order valence-electron chi connectivity index (χ2n) is 5.39. The van der Waals surface area contributed by atoms with Gasteiger partial charge in [0.25, 0.3) is 0 Å². The van der Waals surface area contributed by atoms with Crippen LogP contribution < -0.4 is 5.73 Å². The van der Waals surface area contributed by atoms with Gasteiger partial charge in [-0.2, -0.15) is 0 Å². The largest absolute Gasteiger partial charge is 0.323 e. The first kappa shape index (κ1) is 14.3. The van der Waals surface area contributed by atoms with Crippen molar-refractivity contribution in [1.82, 2.24) is 0 Å². The average molecular weight is 294 g/mol. The van der Waals surface area contributed by atoms with Gasteiger partial charge >= 0.3 is 0 Å². The van der Waals surface area contributed by atoms with Gasteiger partial charge in [-0.3, -0.25) is 0 Å². The Kier molecular flexibility index (Phi) is 4.80. The first-order chi connectivity index (χ1) is 7.79. The molecule has 0 aromatic heterocycles. The number of halogens is 1. The molecular formula is C15H20BrN. The van der Waals surface area contributed by atoms with Gasteiger partial charge in [0.2, 0.25) is 0 Å². The summed E-state index contributed by atoms with van der Waals surface area (Å²) in [6.07, 6.45) is 0.694. The number of benzene rings is 1. The van der Waals surface area contributed by atoms with Crippen LogP contribution in [-0.2, 0) is 0 Å². The molecule has 1 rings (SSSR count). The minimum Gasteiger partial charge on any atom is -0.323 e. The minimum atomic E-state index is -0.0286. The number of hydrogen-bond donors (Lipinski definition) is 1. The molecule has 1 unspecified atom stereocenters. The van der Waals surface area contributed by atoms with Crippen molar-refractivity contribution in [2.24, 2.45) is 11.1 Å². The van der Waals surface area contributed by atoms with E-state index in [9.17, 15) is 0 Å². The molecule has 0 amide bonds. The second kappa shape index (κ2) is 5.71. The molecule has 0 radical (unpaired) electrons. The second-order valence-corrected chi connectivity index (χ2v) is 6.24. The Morgan fingerprint density at radius 3 is 2.59 bits per heavy atom. The van der Waals surface area contributed by atoms with Crippen LogP contribution >= 0.6 is 15.9 Å². The maximum atomic E-state index is 6.16. The fourth-order valence-corrected chi connectivity index (χ4v) is 2.02. The van der Waals surface area contributed by atoms with E-state index < -0.39 is 0 Å². The zero-order chi connectivity index (χ0) is 13.1. The summed E-state index contributed by atoms with van der Waals surface area (Å²) in [5, 5.41) is 0. The summed E-state index contributed by atoms with van der Waals surface area (Å²) in [7, 11) is 0. The lowest BCUT2D eigenvalue weighted by Gasteiger charge is -2.12. The maximum Gasteiger partial charge on any atom is 0.0417 e. The SMILES string of the molecule is Cc1ccc(Br)c(C(N)CC#CC(C)(C)C)c1. The molecule has 1 aromatic carbocycles.